The van der Waals surface area contributed by atoms with Gasteiger partial charge in [-0.1, -0.05) is 6.07 Å². The Morgan fingerprint density at radius 3 is 2.73 bits per heavy atom. The van der Waals surface area contributed by atoms with E-state index in [9.17, 15) is 9.59 Å². The van der Waals surface area contributed by atoms with E-state index in [0.717, 1.165) is 17.1 Å². The largest absolute Gasteiger partial charge is 0.497 e. The fraction of sp³-hybridized carbons (Fsp3) is 0.579. The van der Waals surface area contributed by atoms with Gasteiger partial charge in [-0.25, -0.2) is 4.79 Å². The van der Waals surface area contributed by atoms with Crippen LogP contribution in [-0.4, -0.2) is 67.8 Å². The number of likely N-dealkylation sites (N-methyl/N-ethyl adjacent to an activating group) is 1. The minimum absolute atomic E-state index is 0.124. The molecule has 0 aliphatic carbocycles. The molecular weight excluding hydrogens is 336 g/mol. The summed E-state index contributed by atoms with van der Waals surface area (Å²) in [6.45, 7) is 2.23. The molecule has 1 aromatic carbocycles. The van der Waals surface area contributed by atoms with Crippen LogP contribution in [0, 0.1) is 5.92 Å². The number of ether oxygens (including phenoxy) is 3. The molecule has 7 heteroatoms. The molecule has 2 saturated heterocycles. The number of benzene rings is 1. The highest BCUT2D eigenvalue weighted by Crippen LogP contribution is 2.35. The molecular formula is C19H24N2O5. The number of amides is 2. The zero-order chi connectivity index (χ0) is 18.3. The number of rotatable bonds is 2. The lowest BCUT2D eigenvalue weighted by molar-refractivity contribution is -0.140. The second kappa shape index (κ2) is 6.37. The maximum absolute atomic E-state index is 12.9. The molecule has 1 atom stereocenters. The highest BCUT2D eigenvalue weighted by molar-refractivity contribution is 5.80. The first-order chi connectivity index (χ1) is 12.5. The van der Waals surface area contributed by atoms with Crippen molar-refractivity contribution < 1.29 is 23.8 Å². The zero-order valence-corrected chi connectivity index (χ0v) is 15.2. The lowest BCUT2D eigenvalue weighted by Crippen LogP contribution is -2.51. The Morgan fingerprint density at radius 2 is 2.08 bits per heavy atom. The fourth-order valence-corrected chi connectivity index (χ4v) is 4.08. The van der Waals surface area contributed by atoms with Gasteiger partial charge in [-0.3, -0.25) is 4.79 Å². The smallest absolute Gasteiger partial charge is 0.410 e. The maximum atomic E-state index is 12.9. The molecule has 1 aromatic rings. The van der Waals surface area contributed by atoms with Crippen LogP contribution in [0.2, 0.25) is 0 Å². The van der Waals surface area contributed by atoms with Crippen LogP contribution in [0.3, 0.4) is 0 Å². The third kappa shape index (κ3) is 2.95. The van der Waals surface area contributed by atoms with E-state index in [1.165, 1.54) is 0 Å². The Kier molecular flexibility index (Phi) is 4.17. The number of carbonyl (C=O) groups excluding carboxylic acids is 2. The van der Waals surface area contributed by atoms with E-state index in [-0.39, 0.29) is 17.9 Å². The summed E-state index contributed by atoms with van der Waals surface area (Å²) in [7, 11) is 3.37. The van der Waals surface area contributed by atoms with Crippen LogP contribution in [0.15, 0.2) is 18.2 Å². The molecule has 0 bridgehead atoms. The zero-order valence-electron chi connectivity index (χ0n) is 15.2. The molecule has 3 aliphatic heterocycles. The number of piperidine rings is 1. The van der Waals surface area contributed by atoms with Crippen molar-refractivity contribution in [2.75, 3.05) is 40.4 Å². The molecule has 1 unspecified atom stereocenters. The minimum atomic E-state index is -0.422. The Balaban J connectivity index is 1.38. The lowest BCUT2D eigenvalue weighted by Gasteiger charge is -2.39. The van der Waals surface area contributed by atoms with E-state index in [0.29, 0.717) is 45.5 Å². The summed E-state index contributed by atoms with van der Waals surface area (Å²) in [6, 6.07) is 5.73. The van der Waals surface area contributed by atoms with Crippen molar-refractivity contribution in [3.8, 4) is 11.5 Å². The highest BCUT2D eigenvalue weighted by atomic mass is 16.6. The van der Waals surface area contributed by atoms with E-state index in [2.05, 4.69) is 0 Å². The van der Waals surface area contributed by atoms with Crippen LogP contribution < -0.4 is 9.47 Å². The molecule has 3 aliphatic rings. The van der Waals surface area contributed by atoms with Gasteiger partial charge in [0.25, 0.3) is 0 Å². The molecule has 4 rings (SSSR count). The molecule has 0 radical (unpaired) electrons. The number of methoxy groups -OCH3 is 1. The normalized spacial score (nSPS) is 24.1. The Morgan fingerprint density at radius 1 is 1.31 bits per heavy atom. The molecule has 3 heterocycles. The third-order valence-corrected chi connectivity index (χ3v) is 5.66. The molecule has 26 heavy (non-hydrogen) atoms. The molecule has 0 N–H and O–H groups in total. The summed E-state index contributed by atoms with van der Waals surface area (Å²) in [5.41, 5.74) is 0.615. The summed E-state index contributed by atoms with van der Waals surface area (Å²) in [5, 5.41) is 0. The van der Waals surface area contributed by atoms with E-state index in [4.69, 9.17) is 14.2 Å². The molecule has 1 spiro atoms. The van der Waals surface area contributed by atoms with Gasteiger partial charge in [-0.05, 0) is 18.1 Å². The molecule has 7 nitrogen and oxygen atoms in total. The summed E-state index contributed by atoms with van der Waals surface area (Å²) in [4.78, 5) is 28.1. The van der Waals surface area contributed by atoms with Crippen molar-refractivity contribution in [3.63, 3.8) is 0 Å². The molecule has 0 saturated carbocycles. The lowest BCUT2D eigenvalue weighted by atomic mass is 9.89. The van der Waals surface area contributed by atoms with Crippen LogP contribution in [0.5, 0.6) is 11.5 Å². The second-order valence-electron chi connectivity index (χ2n) is 7.42. The first-order valence-corrected chi connectivity index (χ1v) is 9.02. The quantitative estimate of drug-likeness (QED) is 0.803. The SMILES string of the molecule is COc1ccc2c(c1)OCC(C(=O)N1CCC3(CC1)CN(C)C(=O)O3)C2. The van der Waals surface area contributed by atoms with E-state index >= 15 is 0 Å². The van der Waals surface area contributed by atoms with Crippen molar-refractivity contribution >= 4 is 12.0 Å². The topological polar surface area (TPSA) is 68.3 Å². The predicted molar refractivity (Wildman–Crippen MR) is 93.3 cm³/mol. The van der Waals surface area contributed by atoms with Gasteiger partial charge in [-0.15, -0.1) is 0 Å². The Bertz CT molecular complexity index is 727. The molecule has 0 aromatic heterocycles. The Hall–Kier alpha value is -2.44. The Labute approximate surface area is 152 Å². The summed E-state index contributed by atoms with van der Waals surface area (Å²) in [6.07, 6.45) is 1.79. The maximum Gasteiger partial charge on any atom is 0.410 e. The molecule has 2 fully saturated rings. The number of hydrogen-bond donors (Lipinski definition) is 0. The van der Waals surface area contributed by atoms with Crippen LogP contribution in [0.25, 0.3) is 0 Å². The number of likely N-dealkylation sites (tertiary alicyclic amines) is 1. The summed E-state index contributed by atoms with van der Waals surface area (Å²) in [5.74, 6) is 1.51. The standard InChI is InChI=1S/C19H24N2O5/c1-20-12-19(26-18(20)23)5-7-21(8-6-19)17(22)14-9-13-3-4-15(24-2)10-16(13)25-11-14/h3-4,10,14H,5-9,11-12H2,1-2H3. The second-order valence-corrected chi connectivity index (χ2v) is 7.42. The first-order valence-electron chi connectivity index (χ1n) is 9.02. The van der Waals surface area contributed by atoms with Crippen LogP contribution in [0.4, 0.5) is 4.79 Å². The van der Waals surface area contributed by atoms with Crippen LogP contribution in [0.1, 0.15) is 18.4 Å². The van der Waals surface area contributed by atoms with Gasteiger partial charge in [-0.2, -0.15) is 0 Å². The van der Waals surface area contributed by atoms with Gasteiger partial charge in [0.05, 0.1) is 19.6 Å². The van der Waals surface area contributed by atoms with E-state index in [1.807, 2.05) is 23.1 Å². The van der Waals surface area contributed by atoms with Gasteiger partial charge in [0.2, 0.25) is 5.91 Å². The predicted octanol–water partition coefficient (Wildman–Crippen LogP) is 1.69. The number of nitrogens with zero attached hydrogens (tertiary/aromatic N) is 2. The average Bonchev–Trinajstić information content (AvgIpc) is 2.94. The van der Waals surface area contributed by atoms with Crippen molar-refractivity contribution in [2.24, 2.45) is 5.92 Å². The van der Waals surface area contributed by atoms with E-state index in [1.54, 1.807) is 19.1 Å². The minimum Gasteiger partial charge on any atom is -0.497 e. The average molecular weight is 360 g/mol. The van der Waals surface area contributed by atoms with Crippen molar-refractivity contribution in [1.82, 2.24) is 9.80 Å². The van der Waals surface area contributed by atoms with Crippen LogP contribution >= 0.6 is 0 Å². The summed E-state index contributed by atoms with van der Waals surface area (Å²) >= 11 is 0. The monoisotopic (exact) mass is 360 g/mol. The van der Waals surface area contributed by atoms with Gasteiger partial charge in [0.15, 0.2) is 0 Å². The number of carbonyl (C=O) groups is 2. The first kappa shape index (κ1) is 17.0. The van der Waals surface area contributed by atoms with Gasteiger partial charge >= 0.3 is 6.09 Å². The van der Waals surface area contributed by atoms with Crippen molar-refractivity contribution in [3.05, 3.63) is 23.8 Å². The van der Waals surface area contributed by atoms with Crippen molar-refractivity contribution in [2.45, 2.75) is 24.9 Å². The van der Waals surface area contributed by atoms with Crippen molar-refractivity contribution in [1.29, 1.82) is 0 Å². The van der Waals surface area contributed by atoms with Gasteiger partial charge in [0.1, 0.15) is 23.7 Å². The fourth-order valence-electron chi connectivity index (χ4n) is 4.08. The third-order valence-electron chi connectivity index (χ3n) is 5.66. The van der Waals surface area contributed by atoms with Gasteiger partial charge < -0.3 is 24.0 Å². The number of fused-ring (bicyclic) bond motifs is 1. The molecule has 2 amide bonds. The summed E-state index contributed by atoms with van der Waals surface area (Å²) < 4.78 is 16.6. The van der Waals surface area contributed by atoms with E-state index < -0.39 is 5.60 Å². The molecule has 140 valence electrons. The highest BCUT2D eigenvalue weighted by Gasteiger charge is 2.46. The number of hydrogen-bond acceptors (Lipinski definition) is 5. The van der Waals surface area contributed by atoms with Gasteiger partial charge in [0, 0.05) is 39.0 Å². The van der Waals surface area contributed by atoms with Crippen LogP contribution in [-0.2, 0) is 16.0 Å².